The molecule has 2 saturated heterocycles. The lowest BCUT2D eigenvalue weighted by molar-refractivity contribution is -0.288. The van der Waals surface area contributed by atoms with Crippen molar-refractivity contribution >= 4 is 5.69 Å². The van der Waals surface area contributed by atoms with Gasteiger partial charge >= 0.3 is 0 Å². The fourth-order valence-corrected chi connectivity index (χ4v) is 6.20. The molecule has 0 bridgehead atoms. The van der Waals surface area contributed by atoms with Gasteiger partial charge in [0.15, 0.2) is 0 Å². The molecule has 0 radical (unpaired) electrons. The fraction of sp³-hybridized carbons (Fsp3) is 0.750. The van der Waals surface area contributed by atoms with Crippen LogP contribution in [0, 0.1) is 11.8 Å². The highest BCUT2D eigenvalue weighted by Gasteiger charge is 2.66. The van der Waals surface area contributed by atoms with Crippen molar-refractivity contribution in [3.8, 4) is 0 Å². The number of benzene rings is 1. The van der Waals surface area contributed by atoms with E-state index in [-0.39, 0.29) is 5.54 Å². The lowest BCUT2D eigenvalue weighted by atomic mass is 9.69. The van der Waals surface area contributed by atoms with Crippen LogP contribution in [0.25, 0.3) is 0 Å². The van der Waals surface area contributed by atoms with E-state index in [1.165, 1.54) is 31.4 Å². The summed E-state index contributed by atoms with van der Waals surface area (Å²) >= 11 is 0. The van der Waals surface area contributed by atoms with E-state index in [0.29, 0.717) is 0 Å². The van der Waals surface area contributed by atoms with Gasteiger partial charge in [0.05, 0.1) is 12.1 Å². The van der Waals surface area contributed by atoms with Gasteiger partial charge in [-0.1, -0.05) is 32.0 Å². The van der Waals surface area contributed by atoms with Gasteiger partial charge in [-0.3, -0.25) is 0 Å². The molecular formula is C24H38N2O2. The standard InChI is InChI=1S/C24H38N2O2/c1-19(2)20-10-12-21(13-11-20)25-16-14-23(15-17-25)24(27-3,28-4)18-26(23)22-8-6-5-7-9-22/h5-9,19-21H,10-18H2,1-4H3. The second kappa shape index (κ2) is 7.97. The van der Waals surface area contributed by atoms with E-state index in [4.69, 9.17) is 9.47 Å². The summed E-state index contributed by atoms with van der Waals surface area (Å²) in [6.07, 6.45) is 7.76. The van der Waals surface area contributed by atoms with Crippen LogP contribution >= 0.6 is 0 Å². The number of piperidine rings is 1. The molecule has 0 amide bonds. The number of hydrogen-bond donors (Lipinski definition) is 0. The summed E-state index contributed by atoms with van der Waals surface area (Å²) in [7, 11) is 3.63. The lowest BCUT2D eigenvalue weighted by Gasteiger charge is -2.67. The molecule has 0 N–H and O–H groups in total. The molecule has 2 heterocycles. The second-order valence-corrected chi connectivity index (χ2v) is 9.46. The van der Waals surface area contributed by atoms with E-state index in [9.17, 15) is 0 Å². The quantitative estimate of drug-likeness (QED) is 0.694. The molecule has 156 valence electrons. The number of anilines is 1. The van der Waals surface area contributed by atoms with Crippen molar-refractivity contribution in [1.29, 1.82) is 0 Å². The van der Waals surface area contributed by atoms with Crippen molar-refractivity contribution in [3.63, 3.8) is 0 Å². The predicted octanol–water partition coefficient (Wildman–Crippen LogP) is 4.55. The molecule has 1 aliphatic carbocycles. The third-order valence-electron chi connectivity index (χ3n) is 8.15. The third kappa shape index (κ3) is 3.18. The molecule has 1 spiro atoms. The van der Waals surface area contributed by atoms with Gasteiger partial charge in [0.25, 0.3) is 0 Å². The zero-order valence-corrected chi connectivity index (χ0v) is 18.2. The summed E-state index contributed by atoms with van der Waals surface area (Å²) in [6, 6.07) is 11.6. The smallest absolute Gasteiger partial charge is 0.209 e. The van der Waals surface area contributed by atoms with Crippen LogP contribution in [-0.4, -0.2) is 56.1 Å². The molecule has 4 rings (SSSR count). The number of likely N-dealkylation sites (tertiary alicyclic amines) is 1. The summed E-state index contributed by atoms with van der Waals surface area (Å²) < 4.78 is 12.0. The Morgan fingerprint density at radius 3 is 2.07 bits per heavy atom. The third-order valence-corrected chi connectivity index (χ3v) is 8.15. The summed E-state index contributed by atoms with van der Waals surface area (Å²) in [6.45, 7) is 7.88. The first-order valence-electron chi connectivity index (χ1n) is 11.2. The molecule has 4 heteroatoms. The van der Waals surface area contributed by atoms with Gasteiger partial charge < -0.3 is 19.3 Å². The van der Waals surface area contributed by atoms with E-state index >= 15 is 0 Å². The number of methoxy groups -OCH3 is 2. The van der Waals surface area contributed by atoms with Crippen molar-refractivity contribution in [2.24, 2.45) is 11.8 Å². The topological polar surface area (TPSA) is 24.9 Å². The van der Waals surface area contributed by atoms with Gasteiger partial charge in [-0.15, -0.1) is 0 Å². The predicted molar refractivity (Wildman–Crippen MR) is 115 cm³/mol. The van der Waals surface area contributed by atoms with Crippen LogP contribution in [0.1, 0.15) is 52.4 Å². The SMILES string of the molecule is COC1(OC)CN(c2ccccc2)C12CCN(C1CCC(C(C)C)CC1)CC2. The number of hydrogen-bond acceptors (Lipinski definition) is 4. The van der Waals surface area contributed by atoms with Gasteiger partial charge in [-0.2, -0.15) is 0 Å². The van der Waals surface area contributed by atoms with Crippen LogP contribution < -0.4 is 4.90 Å². The Morgan fingerprint density at radius 1 is 0.929 bits per heavy atom. The highest BCUT2D eigenvalue weighted by molar-refractivity contribution is 5.55. The van der Waals surface area contributed by atoms with Crippen molar-refractivity contribution in [1.82, 2.24) is 4.90 Å². The molecule has 3 fully saturated rings. The first-order valence-corrected chi connectivity index (χ1v) is 11.2. The molecule has 0 unspecified atom stereocenters. The van der Waals surface area contributed by atoms with E-state index in [0.717, 1.165) is 50.4 Å². The molecule has 1 aromatic carbocycles. The fourth-order valence-electron chi connectivity index (χ4n) is 6.20. The lowest BCUT2D eigenvalue weighted by Crippen LogP contribution is -2.82. The van der Waals surface area contributed by atoms with Crippen LogP contribution in [0.4, 0.5) is 5.69 Å². The van der Waals surface area contributed by atoms with E-state index in [1.807, 2.05) is 14.2 Å². The molecule has 1 saturated carbocycles. The molecule has 0 aromatic heterocycles. The van der Waals surface area contributed by atoms with Crippen LogP contribution in [0.5, 0.6) is 0 Å². The van der Waals surface area contributed by atoms with Crippen LogP contribution in [0.15, 0.2) is 30.3 Å². The van der Waals surface area contributed by atoms with Crippen LogP contribution in [-0.2, 0) is 9.47 Å². The van der Waals surface area contributed by atoms with Crippen molar-refractivity contribution in [3.05, 3.63) is 30.3 Å². The monoisotopic (exact) mass is 386 g/mol. The summed E-state index contributed by atoms with van der Waals surface area (Å²) in [4.78, 5) is 5.30. The van der Waals surface area contributed by atoms with Gasteiger partial charge in [-0.05, 0) is 62.5 Å². The Labute approximate surface area is 171 Å². The average Bonchev–Trinajstić information content (AvgIpc) is 2.75. The molecule has 0 atom stereocenters. The minimum Gasteiger partial charge on any atom is -0.355 e. The second-order valence-electron chi connectivity index (χ2n) is 9.46. The van der Waals surface area contributed by atoms with Crippen molar-refractivity contribution in [2.45, 2.75) is 69.7 Å². The maximum absolute atomic E-state index is 6.01. The molecule has 2 aliphatic heterocycles. The first-order chi connectivity index (χ1) is 13.5. The minimum absolute atomic E-state index is 0.0521. The van der Waals surface area contributed by atoms with E-state index < -0.39 is 5.79 Å². The largest absolute Gasteiger partial charge is 0.355 e. The van der Waals surface area contributed by atoms with E-state index in [2.05, 4.69) is 54.0 Å². The summed E-state index contributed by atoms with van der Waals surface area (Å²) in [5, 5.41) is 0. The zero-order chi connectivity index (χ0) is 19.8. The zero-order valence-electron chi connectivity index (χ0n) is 18.2. The molecule has 4 nitrogen and oxygen atoms in total. The maximum Gasteiger partial charge on any atom is 0.209 e. The van der Waals surface area contributed by atoms with E-state index in [1.54, 1.807) is 0 Å². The maximum atomic E-state index is 6.01. The van der Waals surface area contributed by atoms with Crippen molar-refractivity contribution in [2.75, 3.05) is 38.8 Å². The first kappa shape index (κ1) is 20.2. The Bertz CT molecular complexity index is 627. The molecule has 1 aromatic rings. The van der Waals surface area contributed by atoms with Crippen molar-refractivity contribution < 1.29 is 9.47 Å². The van der Waals surface area contributed by atoms with Gasteiger partial charge in [-0.25, -0.2) is 0 Å². The molecular weight excluding hydrogens is 348 g/mol. The minimum atomic E-state index is -0.482. The Hall–Kier alpha value is -1.10. The van der Waals surface area contributed by atoms with Gasteiger partial charge in [0, 0.05) is 39.0 Å². The molecule has 28 heavy (non-hydrogen) atoms. The number of ether oxygens (including phenoxy) is 2. The normalized spacial score (nSPS) is 29.8. The Balaban J connectivity index is 1.46. The Kier molecular flexibility index (Phi) is 5.74. The molecule has 3 aliphatic rings. The summed E-state index contributed by atoms with van der Waals surface area (Å²) in [5.41, 5.74) is 1.24. The highest BCUT2D eigenvalue weighted by atomic mass is 16.7. The average molecular weight is 387 g/mol. The number of nitrogens with zero attached hydrogens (tertiary/aromatic N) is 2. The Morgan fingerprint density at radius 2 is 1.54 bits per heavy atom. The number of para-hydroxylation sites is 1. The van der Waals surface area contributed by atoms with Crippen LogP contribution in [0.2, 0.25) is 0 Å². The number of rotatable bonds is 5. The van der Waals surface area contributed by atoms with Crippen LogP contribution in [0.3, 0.4) is 0 Å². The highest BCUT2D eigenvalue weighted by Crippen LogP contribution is 2.52. The van der Waals surface area contributed by atoms with Gasteiger partial charge in [0.2, 0.25) is 5.79 Å². The summed E-state index contributed by atoms with van der Waals surface area (Å²) in [5.74, 6) is 1.29. The van der Waals surface area contributed by atoms with Gasteiger partial charge in [0.1, 0.15) is 0 Å².